The highest BCUT2D eigenvalue weighted by molar-refractivity contribution is 7.10. The van der Waals surface area contributed by atoms with Crippen LogP contribution in [0.2, 0.25) is 0 Å². The molecule has 0 fully saturated rings. The van der Waals surface area contributed by atoms with Crippen LogP contribution in [0.1, 0.15) is 47.0 Å². The lowest BCUT2D eigenvalue weighted by atomic mass is 9.99. The smallest absolute Gasteiger partial charge is 0.0331 e. The Kier molecular flexibility index (Phi) is 4.43. The SMILES string of the molecule is Cc1ccc(C(N)CCN2CCc3sccc3C2C)cc1. The lowest BCUT2D eigenvalue weighted by molar-refractivity contribution is 0.193. The van der Waals surface area contributed by atoms with Crippen LogP contribution in [-0.4, -0.2) is 18.0 Å². The van der Waals surface area contributed by atoms with Gasteiger partial charge in [0.1, 0.15) is 0 Å². The molecule has 0 spiro atoms. The average molecular weight is 300 g/mol. The molecule has 0 aliphatic carbocycles. The molecule has 0 saturated heterocycles. The molecule has 3 rings (SSSR count). The first-order valence-electron chi connectivity index (χ1n) is 7.77. The Balaban J connectivity index is 1.59. The molecule has 2 unspecified atom stereocenters. The number of hydrogen-bond acceptors (Lipinski definition) is 3. The van der Waals surface area contributed by atoms with Crippen LogP contribution in [0.3, 0.4) is 0 Å². The van der Waals surface area contributed by atoms with Gasteiger partial charge in [-0.1, -0.05) is 29.8 Å². The zero-order chi connectivity index (χ0) is 14.8. The number of nitrogens with two attached hydrogens (primary N) is 1. The predicted molar refractivity (Wildman–Crippen MR) is 90.7 cm³/mol. The summed E-state index contributed by atoms with van der Waals surface area (Å²) < 4.78 is 0. The summed E-state index contributed by atoms with van der Waals surface area (Å²) in [6, 6.07) is 11.6. The van der Waals surface area contributed by atoms with Gasteiger partial charge in [-0.05, 0) is 49.3 Å². The third kappa shape index (κ3) is 3.20. The lowest BCUT2D eigenvalue weighted by Crippen LogP contribution is -2.35. The summed E-state index contributed by atoms with van der Waals surface area (Å²) in [6.07, 6.45) is 2.21. The van der Waals surface area contributed by atoms with Crippen molar-refractivity contribution in [2.24, 2.45) is 5.73 Å². The van der Waals surface area contributed by atoms with Crippen LogP contribution in [0, 0.1) is 6.92 Å². The van der Waals surface area contributed by atoms with E-state index in [9.17, 15) is 0 Å². The molecule has 112 valence electrons. The largest absolute Gasteiger partial charge is 0.324 e. The maximum Gasteiger partial charge on any atom is 0.0331 e. The number of thiophene rings is 1. The quantitative estimate of drug-likeness (QED) is 0.922. The summed E-state index contributed by atoms with van der Waals surface area (Å²) in [4.78, 5) is 4.14. The van der Waals surface area contributed by atoms with Gasteiger partial charge in [0.15, 0.2) is 0 Å². The van der Waals surface area contributed by atoms with E-state index in [0.717, 1.165) is 19.5 Å². The summed E-state index contributed by atoms with van der Waals surface area (Å²) in [5, 5.41) is 2.22. The van der Waals surface area contributed by atoms with Crippen LogP contribution in [-0.2, 0) is 6.42 Å². The Bertz CT molecular complexity index is 588. The first-order chi connectivity index (χ1) is 10.1. The molecule has 1 aromatic heterocycles. The lowest BCUT2D eigenvalue weighted by Gasteiger charge is -2.34. The maximum absolute atomic E-state index is 6.36. The molecule has 2 aromatic rings. The van der Waals surface area contributed by atoms with Crippen LogP contribution >= 0.6 is 11.3 Å². The molecule has 1 aromatic carbocycles. The minimum absolute atomic E-state index is 0.140. The molecule has 1 aliphatic heterocycles. The van der Waals surface area contributed by atoms with E-state index in [4.69, 9.17) is 5.73 Å². The molecule has 2 atom stereocenters. The monoisotopic (exact) mass is 300 g/mol. The number of rotatable bonds is 4. The Hall–Kier alpha value is -1.16. The highest BCUT2D eigenvalue weighted by Gasteiger charge is 2.24. The van der Waals surface area contributed by atoms with E-state index in [0.29, 0.717) is 6.04 Å². The summed E-state index contributed by atoms with van der Waals surface area (Å²) in [7, 11) is 0. The van der Waals surface area contributed by atoms with Crippen molar-refractivity contribution >= 4 is 11.3 Å². The van der Waals surface area contributed by atoms with E-state index in [1.165, 1.54) is 23.1 Å². The average Bonchev–Trinajstić information content (AvgIpc) is 2.96. The van der Waals surface area contributed by atoms with Crippen molar-refractivity contribution < 1.29 is 0 Å². The second-order valence-electron chi connectivity index (χ2n) is 6.07. The van der Waals surface area contributed by atoms with Gasteiger partial charge in [-0.25, -0.2) is 0 Å². The van der Waals surface area contributed by atoms with E-state index in [1.807, 2.05) is 11.3 Å². The Labute approximate surface area is 131 Å². The fourth-order valence-electron chi connectivity index (χ4n) is 3.15. The van der Waals surface area contributed by atoms with Crippen LogP contribution in [0.4, 0.5) is 0 Å². The zero-order valence-electron chi connectivity index (χ0n) is 12.9. The van der Waals surface area contributed by atoms with Crippen LogP contribution in [0.5, 0.6) is 0 Å². The molecule has 3 heteroatoms. The van der Waals surface area contributed by atoms with E-state index < -0.39 is 0 Å². The van der Waals surface area contributed by atoms with Crippen molar-refractivity contribution in [3.8, 4) is 0 Å². The van der Waals surface area contributed by atoms with E-state index in [2.05, 4.69) is 54.5 Å². The molecule has 1 aliphatic rings. The number of fused-ring (bicyclic) bond motifs is 1. The number of benzene rings is 1. The molecular weight excluding hydrogens is 276 g/mol. The summed E-state index contributed by atoms with van der Waals surface area (Å²) in [5.74, 6) is 0. The van der Waals surface area contributed by atoms with Crippen LogP contribution in [0.15, 0.2) is 35.7 Å². The fourth-order valence-corrected chi connectivity index (χ4v) is 4.11. The van der Waals surface area contributed by atoms with Gasteiger partial charge in [-0.2, -0.15) is 0 Å². The highest BCUT2D eigenvalue weighted by Crippen LogP contribution is 2.33. The van der Waals surface area contributed by atoms with Crippen molar-refractivity contribution in [3.63, 3.8) is 0 Å². The summed E-state index contributed by atoms with van der Waals surface area (Å²) in [5.41, 5.74) is 10.4. The molecule has 0 amide bonds. The van der Waals surface area contributed by atoms with Crippen molar-refractivity contribution in [1.82, 2.24) is 4.90 Å². The minimum Gasteiger partial charge on any atom is -0.324 e. The van der Waals surface area contributed by atoms with Gasteiger partial charge in [-0.3, -0.25) is 4.90 Å². The van der Waals surface area contributed by atoms with Gasteiger partial charge in [0, 0.05) is 30.1 Å². The van der Waals surface area contributed by atoms with Gasteiger partial charge in [0.05, 0.1) is 0 Å². The van der Waals surface area contributed by atoms with Gasteiger partial charge in [-0.15, -0.1) is 11.3 Å². The van der Waals surface area contributed by atoms with Gasteiger partial charge < -0.3 is 5.73 Å². The molecule has 2 nitrogen and oxygen atoms in total. The molecule has 2 N–H and O–H groups in total. The number of nitrogens with zero attached hydrogens (tertiary/aromatic N) is 1. The maximum atomic E-state index is 6.36. The Morgan fingerprint density at radius 2 is 2.05 bits per heavy atom. The topological polar surface area (TPSA) is 29.3 Å². The van der Waals surface area contributed by atoms with Gasteiger partial charge >= 0.3 is 0 Å². The Morgan fingerprint density at radius 3 is 2.81 bits per heavy atom. The van der Waals surface area contributed by atoms with Crippen molar-refractivity contribution in [2.45, 2.75) is 38.8 Å². The molecular formula is C18H24N2S. The van der Waals surface area contributed by atoms with Gasteiger partial charge in [0.25, 0.3) is 0 Å². The van der Waals surface area contributed by atoms with E-state index in [1.54, 1.807) is 4.88 Å². The predicted octanol–water partition coefficient (Wildman–Crippen LogP) is 4.07. The van der Waals surface area contributed by atoms with Crippen LogP contribution in [0.25, 0.3) is 0 Å². The normalized spacial score (nSPS) is 20.2. The van der Waals surface area contributed by atoms with E-state index >= 15 is 0 Å². The third-order valence-electron chi connectivity index (χ3n) is 4.64. The molecule has 2 heterocycles. The summed E-state index contributed by atoms with van der Waals surface area (Å²) >= 11 is 1.90. The third-order valence-corrected chi connectivity index (χ3v) is 5.63. The number of aryl methyl sites for hydroxylation is 1. The first kappa shape index (κ1) is 14.8. The van der Waals surface area contributed by atoms with Gasteiger partial charge in [0.2, 0.25) is 0 Å². The standard InChI is InChI=1S/C18H24N2S/c1-13-3-5-15(6-4-13)17(19)7-10-20-11-8-18-16(14(20)2)9-12-21-18/h3-6,9,12,14,17H,7-8,10-11,19H2,1-2H3. The molecule has 0 bridgehead atoms. The molecule has 0 radical (unpaired) electrons. The second kappa shape index (κ2) is 6.30. The minimum atomic E-state index is 0.140. The Morgan fingerprint density at radius 1 is 1.29 bits per heavy atom. The molecule has 0 saturated carbocycles. The summed E-state index contributed by atoms with van der Waals surface area (Å²) in [6.45, 7) is 6.67. The van der Waals surface area contributed by atoms with Crippen molar-refractivity contribution in [1.29, 1.82) is 0 Å². The fraction of sp³-hybridized carbons (Fsp3) is 0.444. The van der Waals surface area contributed by atoms with Crippen molar-refractivity contribution in [3.05, 3.63) is 57.3 Å². The highest BCUT2D eigenvalue weighted by atomic mass is 32.1. The zero-order valence-corrected chi connectivity index (χ0v) is 13.7. The van der Waals surface area contributed by atoms with Crippen LogP contribution < -0.4 is 5.73 Å². The molecule has 21 heavy (non-hydrogen) atoms. The van der Waals surface area contributed by atoms with Crippen molar-refractivity contribution in [2.75, 3.05) is 13.1 Å². The first-order valence-corrected chi connectivity index (χ1v) is 8.65. The van der Waals surface area contributed by atoms with E-state index in [-0.39, 0.29) is 6.04 Å². The number of hydrogen-bond donors (Lipinski definition) is 1. The second-order valence-corrected chi connectivity index (χ2v) is 7.07.